The summed E-state index contributed by atoms with van der Waals surface area (Å²) in [5.74, 6) is 1.50. The van der Waals surface area contributed by atoms with Crippen LogP contribution in [0.4, 0.5) is 23.0 Å². The first-order valence-corrected chi connectivity index (χ1v) is 8.50. The number of benzene rings is 1. The van der Waals surface area contributed by atoms with Crippen molar-refractivity contribution in [1.29, 1.82) is 0 Å². The standard InChI is InChI=1S/C18H26N6/c1-4-23-7-9-24(10-8-23)18-16(19)17(20-12-21-18)22-15-11-13(2)5-6-14(15)3/h5-6,11-12H,4,7-10,19H2,1-3H3,(H,20,21,22). The van der Waals surface area contributed by atoms with Crippen LogP contribution in [0.1, 0.15) is 18.1 Å². The lowest BCUT2D eigenvalue weighted by Gasteiger charge is -2.35. The number of anilines is 4. The van der Waals surface area contributed by atoms with Gasteiger partial charge in [-0.3, -0.25) is 0 Å². The molecule has 0 atom stereocenters. The molecule has 3 rings (SSSR count). The quantitative estimate of drug-likeness (QED) is 0.900. The molecule has 0 bridgehead atoms. The van der Waals surface area contributed by atoms with Crippen LogP contribution >= 0.6 is 0 Å². The van der Waals surface area contributed by atoms with Gasteiger partial charge in [0.25, 0.3) is 0 Å². The van der Waals surface area contributed by atoms with Crippen molar-refractivity contribution in [3.63, 3.8) is 0 Å². The first kappa shape index (κ1) is 16.5. The minimum atomic E-state index is 0.614. The maximum absolute atomic E-state index is 6.37. The zero-order valence-electron chi connectivity index (χ0n) is 14.7. The molecule has 24 heavy (non-hydrogen) atoms. The topological polar surface area (TPSA) is 70.3 Å². The zero-order chi connectivity index (χ0) is 17.1. The van der Waals surface area contributed by atoms with Crippen LogP contribution < -0.4 is 16.0 Å². The van der Waals surface area contributed by atoms with E-state index in [2.05, 4.69) is 64.1 Å². The van der Waals surface area contributed by atoms with E-state index in [1.54, 1.807) is 6.33 Å². The molecule has 1 aliphatic rings. The molecule has 0 unspecified atom stereocenters. The second-order valence-corrected chi connectivity index (χ2v) is 6.32. The van der Waals surface area contributed by atoms with Crippen molar-refractivity contribution in [2.75, 3.05) is 48.7 Å². The Kier molecular flexibility index (Phi) is 4.85. The molecule has 6 heteroatoms. The molecule has 2 heterocycles. The lowest BCUT2D eigenvalue weighted by molar-refractivity contribution is 0.270. The maximum atomic E-state index is 6.37. The van der Waals surface area contributed by atoms with Crippen molar-refractivity contribution < 1.29 is 0 Å². The maximum Gasteiger partial charge on any atom is 0.159 e. The van der Waals surface area contributed by atoms with Crippen LogP contribution in [0.15, 0.2) is 24.5 Å². The highest BCUT2D eigenvalue weighted by atomic mass is 15.3. The summed E-state index contributed by atoms with van der Waals surface area (Å²) in [5.41, 5.74) is 10.4. The van der Waals surface area contributed by atoms with E-state index in [-0.39, 0.29) is 0 Å². The number of hydrogen-bond donors (Lipinski definition) is 2. The number of piperazine rings is 1. The normalized spacial score (nSPS) is 15.5. The first-order chi connectivity index (χ1) is 11.6. The summed E-state index contributed by atoms with van der Waals surface area (Å²) < 4.78 is 0. The van der Waals surface area contributed by atoms with Crippen LogP contribution in [0.2, 0.25) is 0 Å². The van der Waals surface area contributed by atoms with E-state index >= 15 is 0 Å². The van der Waals surface area contributed by atoms with Crippen molar-refractivity contribution in [3.05, 3.63) is 35.7 Å². The van der Waals surface area contributed by atoms with E-state index in [1.165, 1.54) is 5.56 Å². The molecule has 1 aromatic heterocycles. The van der Waals surface area contributed by atoms with Crippen LogP contribution in [0.3, 0.4) is 0 Å². The van der Waals surface area contributed by atoms with Gasteiger partial charge >= 0.3 is 0 Å². The van der Waals surface area contributed by atoms with Crippen molar-refractivity contribution >= 4 is 23.0 Å². The third-order valence-corrected chi connectivity index (χ3v) is 4.63. The molecule has 1 aliphatic heterocycles. The van der Waals surface area contributed by atoms with Gasteiger partial charge in [0, 0.05) is 31.9 Å². The first-order valence-electron chi connectivity index (χ1n) is 8.50. The molecular weight excluding hydrogens is 300 g/mol. The van der Waals surface area contributed by atoms with Crippen molar-refractivity contribution in [1.82, 2.24) is 14.9 Å². The number of aromatic nitrogens is 2. The summed E-state index contributed by atoms with van der Waals surface area (Å²) in [4.78, 5) is 13.5. The van der Waals surface area contributed by atoms with Crippen LogP contribution in [0, 0.1) is 13.8 Å². The van der Waals surface area contributed by atoms with Crippen molar-refractivity contribution in [2.45, 2.75) is 20.8 Å². The summed E-state index contributed by atoms with van der Waals surface area (Å²) in [6.45, 7) is 11.4. The van der Waals surface area contributed by atoms with Gasteiger partial charge in [0.2, 0.25) is 0 Å². The Balaban J connectivity index is 1.82. The fourth-order valence-electron chi connectivity index (χ4n) is 3.01. The van der Waals surface area contributed by atoms with Gasteiger partial charge in [0.15, 0.2) is 11.6 Å². The lowest BCUT2D eigenvalue weighted by Crippen LogP contribution is -2.46. The summed E-state index contributed by atoms with van der Waals surface area (Å²) in [7, 11) is 0. The van der Waals surface area contributed by atoms with Gasteiger partial charge in [0.05, 0.1) is 0 Å². The third-order valence-electron chi connectivity index (χ3n) is 4.63. The molecule has 6 nitrogen and oxygen atoms in total. The highest BCUT2D eigenvalue weighted by Gasteiger charge is 2.20. The Morgan fingerprint density at radius 1 is 1.12 bits per heavy atom. The molecule has 128 valence electrons. The van der Waals surface area contributed by atoms with Crippen LogP contribution in [-0.4, -0.2) is 47.6 Å². The molecule has 0 spiro atoms. The van der Waals surface area contributed by atoms with E-state index in [0.29, 0.717) is 11.5 Å². The second-order valence-electron chi connectivity index (χ2n) is 6.32. The third kappa shape index (κ3) is 3.43. The Bertz CT molecular complexity index is 707. The number of nitrogen functional groups attached to an aromatic ring is 1. The number of rotatable bonds is 4. The highest BCUT2D eigenvalue weighted by molar-refractivity contribution is 5.79. The second kappa shape index (κ2) is 7.05. The molecule has 1 saturated heterocycles. The van der Waals surface area contributed by atoms with Crippen molar-refractivity contribution in [3.8, 4) is 0 Å². The molecule has 1 aromatic carbocycles. The molecule has 2 aromatic rings. The summed E-state index contributed by atoms with van der Waals surface area (Å²) in [5, 5.41) is 3.37. The number of nitrogens with one attached hydrogen (secondary N) is 1. The Labute approximate surface area is 143 Å². The van der Waals surface area contributed by atoms with E-state index in [1.807, 2.05) is 0 Å². The summed E-state index contributed by atoms with van der Waals surface area (Å²) >= 11 is 0. The van der Waals surface area contributed by atoms with Gasteiger partial charge in [0.1, 0.15) is 12.0 Å². The number of hydrogen-bond acceptors (Lipinski definition) is 6. The molecule has 0 saturated carbocycles. The number of aryl methyl sites for hydroxylation is 2. The monoisotopic (exact) mass is 326 g/mol. The number of nitrogens with zero attached hydrogens (tertiary/aromatic N) is 4. The summed E-state index contributed by atoms with van der Waals surface area (Å²) in [6.07, 6.45) is 1.59. The largest absolute Gasteiger partial charge is 0.393 e. The molecule has 0 aliphatic carbocycles. The van der Waals surface area contributed by atoms with E-state index in [0.717, 1.165) is 49.8 Å². The Morgan fingerprint density at radius 3 is 2.58 bits per heavy atom. The van der Waals surface area contributed by atoms with Crippen molar-refractivity contribution in [2.24, 2.45) is 0 Å². The van der Waals surface area contributed by atoms with E-state index < -0.39 is 0 Å². The lowest BCUT2D eigenvalue weighted by atomic mass is 10.1. The fourth-order valence-corrected chi connectivity index (χ4v) is 3.01. The fraction of sp³-hybridized carbons (Fsp3) is 0.444. The van der Waals surface area contributed by atoms with Crippen LogP contribution in [0.25, 0.3) is 0 Å². The highest BCUT2D eigenvalue weighted by Crippen LogP contribution is 2.30. The van der Waals surface area contributed by atoms with Gasteiger partial charge in [-0.1, -0.05) is 19.1 Å². The Hall–Kier alpha value is -2.34. The van der Waals surface area contributed by atoms with Gasteiger partial charge in [-0.05, 0) is 37.6 Å². The molecular formula is C18H26N6. The number of nitrogens with two attached hydrogens (primary N) is 1. The SMILES string of the molecule is CCN1CCN(c2ncnc(Nc3cc(C)ccc3C)c2N)CC1. The minimum Gasteiger partial charge on any atom is -0.393 e. The Morgan fingerprint density at radius 2 is 1.88 bits per heavy atom. The molecule has 0 amide bonds. The van der Waals surface area contributed by atoms with Gasteiger partial charge in [-0.2, -0.15) is 0 Å². The average molecular weight is 326 g/mol. The van der Waals surface area contributed by atoms with E-state index in [9.17, 15) is 0 Å². The predicted molar refractivity (Wildman–Crippen MR) is 100.0 cm³/mol. The van der Waals surface area contributed by atoms with Crippen LogP contribution in [0.5, 0.6) is 0 Å². The molecule has 1 fully saturated rings. The van der Waals surface area contributed by atoms with Crippen LogP contribution in [-0.2, 0) is 0 Å². The molecule has 3 N–H and O–H groups in total. The van der Waals surface area contributed by atoms with Gasteiger partial charge in [-0.25, -0.2) is 9.97 Å². The number of likely N-dealkylation sites (N-methyl/N-ethyl adjacent to an activating group) is 1. The molecule has 0 radical (unpaired) electrons. The smallest absolute Gasteiger partial charge is 0.159 e. The van der Waals surface area contributed by atoms with Gasteiger partial charge in [-0.15, -0.1) is 0 Å². The minimum absolute atomic E-state index is 0.614. The average Bonchev–Trinajstić information content (AvgIpc) is 2.60. The van der Waals surface area contributed by atoms with Gasteiger partial charge < -0.3 is 20.9 Å². The van der Waals surface area contributed by atoms with E-state index in [4.69, 9.17) is 5.73 Å². The summed E-state index contributed by atoms with van der Waals surface area (Å²) in [6, 6.07) is 6.30. The predicted octanol–water partition coefficient (Wildman–Crippen LogP) is 2.56. The zero-order valence-corrected chi connectivity index (χ0v) is 14.7.